The van der Waals surface area contributed by atoms with Crippen LogP contribution in [0.5, 0.6) is 0 Å². The molecule has 1 aromatic heterocycles. The Morgan fingerprint density at radius 1 is 1.42 bits per heavy atom. The molecule has 0 aliphatic carbocycles. The molecule has 1 unspecified atom stereocenters. The highest BCUT2D eigenvalue weighted by Gasteiger charge is 2.20. The number of hydrogen-bond acceptors (Lipinski definition) is 6. The van der Waals surface area contributed by atoms with Gasteiger partial charge in [-0.1, -0.05) is 26.7 Å². The second kappa shape index (κ2) is 7.33. The second-order valence-corrected chi connectivity index (χ2v) is 5.91. The van der Waals surface area contributed by atoms with E-state index in [0.29, 0.717) is 10.6 Å². The molecule has 1 heterocycles. The summed E-state index contributed by atoms with van der Waals surface area (Å²) in [6, 6.07) is 0.280. The summed E-state index contributed by atoms with van der Waals surface area (Å²) in [5.74, 6) is 0.508. The Labute approximate surface area is 118 Å². The van der Waals surface area contributed by atoms with Gasteiger partial charge in [0.15, 0.2) is 5.82 Å². The fraction of sp³-hybridized carbons (Fsp3) is 0.692. The number of rotatable bonds is 7. The van der Waals surface area contributed by atoms with Crippen molar-refractivity contribution in [1.29, 1.82) is 0 Å². The van der Waals surface area contributed by atoms with Crippen LogP contribution < -0.4 is 11.1 Å². The number of nitrogens with two attached hydrogens (primary N) is 1. The van der Waals surface area contributed by atoms with Gasteiger partial charge in [-0.2, -0.15) is 4.37 Å². The van der Waals surface area contributed by atoms with Crippen molar-refractivity contribution in [2.75, 3.05) is 18.2 Å². The average Bonchev–Trinajstić information content (AvgIpc) is 2.69. The molecule has 0 fully saturated rings. The zero-order valence-electron chi connectivity index (χ0n) is 12.0. The van der Waals surface area contributed by atoms with Crippen LogP contribution in [0.1, 0.15) is 50.4 Å². The van der Waals surface area contributed by atoms with Gasteiger partial charge in [-0.3, -0.25) is 0 Å². The van der Waals surface area contributed by atoms with Crippen LogP contribution >= 0.6 is 11.5 Å². The minimum absolute atomic E-state index is 0.230. The number of nitrogens with zero attached hydrogens (tertiary/aromatic N) is 1. The van der Waals surface area contributed by atoms with Crippen LogP contribution in [0.4, 0.5) is 10.8 Å². The van der Waals surface area contributed by atoms with Crippen LogP contribution in [-0.4, -0.2) is 23.5 Å². The lowest BCUT2D eigenvalue weighted by molar-refractivity contribution is 0.0603. The molecule has 0 aliphatic rings. The van der Waals surface area contributed by atoms with Gasteiger partial charge in [0.2, 0.25) is 0 Å². The third-order valence-electron chi connectivity index (χ3n) is 2.90. The number of methoxy groups -OCH3 is 1. The fourth-order valence-electron chi connectivity index (χ4n) is 1.83. The van der Waals surface area contributed by atoms with Crippen molar-refractivity contribution < 1.29 is 9.53 Å². The van der Waals surface area contributed by atoms with Crippen molar-refractivity contribution in [3.63, 3.8) is 0 Å². The molecule has 0 aliphatic heterocycles. The number of carbonyl (C=O) groups is 1. The highest BCUT2D eigenvalue weighted by atomic mass is 32.1. The maximum Gasteiger partial charge on any atom is 0.344 e. The molecule has 3 N–H and O–H groups in total. The monoisotopic (exact) mass is 285 g/mol. The predicted octanol–water partition coefficient (Wildman–Crippen LogP) is 3.14. The molecule has 19 heavy (non-hydrogen) atoms. The molecular formula is C13H23N3O2S. The topological polar surface area (TPSA) is 77.2 Å². The number of esters is 1. The van der Waals surface area contributed by atoms with Gasteiger partial charge in [0.05, 0.1) is 7.11 Å². The zero-order valence-corrected chi connectivity index (χ0v) is 12.8. The third-order valence-corrected chi connectivity index (χ3v) is 3.70. The zero-order chi connectivity index (χ0) is 14.4. The van der Waals surface area contributed by atoms with E-state index >= 15 is 0 Å². The smallest absolute Gasteiger partial charge is 0.344 e. The van der Waals surface area contributed by atoms with Gasteiger partial charge in [-0.15, -0.1) is 0 Å². The maximum atomic E-state index is 11.6. The van der Waals surface area contributed by atoms with Crippen molar-refractivity contribution in [2.45, 2.75) is 46.1 Å². The molecule has 0 amide bonds. The van der Waals surface area contributed by atoms with E-state index in [1.807, 2.05) is 0 Å². The van der Waals surface area contributed by atoms with Crippen molar-refractivity contribution in [3.8, 4) is 0 Å². The van der Waals surface area contributed by atoms with E-state index in [4.69, 9.17) is 10.5 Å². The predicted molar refractivity (Wildman–Crippen MR) is 79.6 cm³/mol. The molecule has 0 spiro atoms. The van der Waals surface area contributed by atoms with Crippen LogP contribution in [0.2, 0.25) is 0 Å². The summed E-state index contributed by atoms with van der Waals surface area (Å²) in [5.41, 5.74) is 6.04. The first-order chi connectivity index (χ1) is 8.95. The van der Waals surface area contributed by atoms with E-state index in [1.54, 1.807) is 0 Å². The van der Waals surface area contributed by atoms with Crippen LogP contribution in [-0.2, 0) is 4.74 Å². The van der Waals surface area contributed by atoms with E-state index in [9.17, 15) is 4.79 Å². The molecule has 0 radical (unpaired) electrons. The van der Waals surface area contributed by atoms with E-state index in [0.717, 1.165) is 18.8 Å². The number of ether oxygens (including phenoxy) is 1. The number of hydrogen-bond donors (Lipinski definition) is 2. The average molecular weight is 285 g/mol. The van der Waals surface area contributed by atoms with Gasteiger partial charge < -0.3 is 15.8 Å². The standard InChI is InChI=1S/C13H23N3O2S/c1-8(2)6-5-7-9(3)15-12-10(13(17)18-4)11(14)16-19-12/h8-9,15H,5-7H2,1-4H3,(H2,14,16). The Hall–Kier alpha value is -1.30. The van der Waals surface area contributed by atoms with Gasteiger partial charge in [0, 0.05) is 6.04 Å². The summed E-state index contributed by atoms with van der Waals surface area (Å²) >= 11 is 1.20. The highest BCUT2D eigenvalue weighted by molar-refractivity contribution is 7.11. The lowest BCUT2D eigenvalue weighted by Gasteiger charge is -2.15. The Bertz CT molecular complexity index is 418. The summed E-state index contributed by atoms with van der Waals surface area (Å²) < 4.78 is 8.72. The summed E-state index contributed by atoms with van der Waals surface area (Å²) in [4.78, 5) is 11.6. The van der Waals surface area contributed by atoms with Gasteiger partial charge in [0.1, 0.15) is 10.6 Å². The lowest BCUT2D eigenvalue weighted by atomic mass is 10.0. The van der Waals surface area contributed by atoms with Crippen LogP contribution in [0, 0.1) is 5.92 Å². The normalized spacial score (nSPS) is 12.5. The minimum atomic E-state index is -0.442. The molecule has 0 saturated heterocycles. The van der Waals surface area contributed by atoms with E-state index in [1.165, 1.54) is 25.1 Å². The fourth-order valence-corrected chi connectivity index (χ4v) is 2.64. The van der Waals surface area contributed by atoms with E-state index in [-0.39, 0.29) is 11.9 Å². The van der Waals surface area contributed by atoms with Crippen molar-refractivity contribution in [2.24, 2.45) is 5.92 Å². The van der Waals surface area contributed by atoms with Gasteiger partial charge >= 0.3 is 5.97 Å². The van der Waals surface area contributed by atoms with Gasteiger partial charge in [-0.25, -0.2) is 4.79 Å². The van der Waals surface area contributed by atoms with Crippen molar-refractivity contribution in [3.05, 3.63) is 5.56 Å². The van der Waals surface area contributed by atoms with Crippen LogP contribution in [0.15, 0.2) is 0 Å². The first-order valence-corrected chi connectivity index (χ1v) is 7.33. The highest BCUT2D eigenvalue weighted by Crippen LogP contribution is 2.28. The summed E-state index contributed by atoms with van der Waals surface area (Å²) in [7, 11) is 1.34. The number of nitrogen functional groups attached to an aromatic ring is 1. The molecule has 1 aromatic rings. The second-order valence-electron chi connectivity index (χ2n) is 5.13. The third kappa shape index (κ3) is 4.70. The van der Waals surface area contributed by atoms with Crippen molar-refractivity contribution in [1.82, 2.24) is 4.37 Å². The molecule has 1 atom stereocenters. The largest absolute Gasteiger partial charge is 0.465 e. The number of aromatic nitrogens is 1. The first kappa shape index (κ1) is 15.8. The molecular weight excluding hydrogens is 262 g/mol. The Kier molecular flexibility index (Phi) is 6.08. The van der Waals surface area contributed by atoms with Gasteiger partial charge in [0.25, 0.3) is 0 Å². The molecule has 0 saturated carbocycles. The Morgan fingerprint density at radius 3 is 2.68 bits per heavy atom. The first-order valence-electron chi connectivity index (χ1n) is 6.55. The minimum Gasteiger partial charge on any atom is -0.465 e. The van der Waals surface area contributed by atoms with Crippen molar-refractivity contribution >= 4 is 28.3 Å². The molecule has 6 heteroatoms. The number of carbonyl (C=O) groups excluding carboxylic acids is 1. The van der Waals surface area contributed by atoms with E-state index < -0.39 is 5.97 Å². The summed E-state index contributed by atoms with van der Waals surface area (Å²) in [6.45, 7) is 6.53. The quantitative estimate of drug-likeness (QED) is 0.753. The molecule has 1 rings (SSSR count). The number of nitrogens with one attached hydrogen (secondary N) is 1. The maximum absolute atomic E-state index is 11.6. The molecule has 5 nitrogen and oxygen atoms in total. The van der Waals surface area contributed by atoms with E-state index in [2.05, 4.69) is 30.5 Å². The number of anilines is 2. The van der Waals surface area contributed by atoms with Crippen LogP contribution in [0.25, 0.3) is 0 Å². The van der Waals surface area contributed by atoms with Gasteiger partial charge in [-0.05, 0) is 30.8 Å². The molecule has 108 valence electrons. The lowest BCUT2D eigenvalue weighted by Crippen LogP contribution is -2.17. The van der Waals surface area contributed by atoms with Crippen LogP contribution in [0.3, 0.4) is 0 Å². The molecule has 0 bridgehead atoms. The Balaban J connectivity index is 2.59. The summed E-state index contributed by atoms with van der Waals surface area (Å²) in [5, 5.41) is 3.99. The summed E-state index contributed by atoms with van der Waals surface area (Å²) in [6.07, 6.45) is 3.42. The SMILES string of the molecule is COC(=O)c1c(N)nsc1NC(C)CCCC(C)C. The molecule has 0 aromatic carbocycles. The Morgan fingerprint density at radius 2 is 2.11 bits per heavy atom.